The summed E-state index contributed by atoms with van der Waals surface area (Å²) in [7, 11) is 0. The van der Waals surface area contributed by atoms with E-state index in [0.717, 1.165) is 18.4 Å². The van der Waals surface area contributed by atoms with Crippen molar-refractivity contribution in [1.82, 2.24) is 20.0 Å². The van der Waals surface area contributed by atoms with Gasteiger partial charge in [0.2, 0.25) is 5.82 Å². The average Bonchev–Trinajstić information content (AvgIpc) is 3.08. The standard InChI is InChI=1S/C21H23ClN4O2/c1-2-3-11-23-20(27)18-17-9-4-5-13-26(17)19(25-18)21(28)24-12-10-15-7-6-8-16(22)14-15/h4-9,13-14H,2-3,10-12H2,1H3,(H,23,27)(H,24,28). The third-order valence-electron chi connectivity index (χ3n) is 4.37. The summed E-state index contributed by atoms with van der Waals surface area (Å²) in [4.78, 5) is 29.5. The topological polar surface area (TPSA) is 75.5 Å². The summed E-state index contributed by atoms with van der Waals surface area (Å²) >= 11 is 5.99. The Balaban J connectivity index is 1.73. The lowest BCUT2D eigenvalue weighted by atomic mass is 10.1. The van der Waals surface area contributed by atoms with Crippen molar-refractivity contribution in [2.75, 3.05) is 13.1 Å². The van der Waals surface area contributed by atoms with Crippen LogP contribution in [-0.2, 0) is 6.42 Å². The summed E-state index contributed by atoms with van der Waals surface area (Å²) < 4.78 is 1.64. The van der Waals surface area contributed by atoms with E-state index in [1.807, 2.05) is 30.3 Å². The van der Waals surface area contributed by atoms with E-state index in [9.17, 15) is 9.59 Å². The van der Waals surface area contributed by atoms with Gasteiger partial charge in [0.05, 0.1) is 5.52 Å². The molecule has 0 unspecified atom stereocenters. The average molecular weight is 399 g/mol. The second kappa shape index (κ2) is 9.37. The van der Waals surface area contributed by atoms with Crippen LogP contribution < -0.4 is 10.6 Å². The number of unbranched alkanes of at least 4 members (excludes halogenated alkanes) is 1. The Morgan fingerprint density at radius 1 is 1.07 bits per heavy atom. The lowest BCUT2D eigenvalue weighted by molar-refractivity contribution is 0.0943. The summed E-state index contributed by atoms with van der Waals surface area (Å²) in [6.45, 7) is 3.09. The molecule has 0 atom stereocenters. The summed E-state index contributed by atoms with van der Waals surface area (Å²) in [6.07, 6.45) is 4.27. The minimum absolute atomic E-state index is 0.197. The molecule has 0 aliphatic carbocycles. The Morgan fingerprint density at radius 3 is 2.68 bits per heavy atom. The number of rotatable bonds is 8. The van der Waals surface area contributed by atoms with Crippen LogP contribution in [0.2, 0.25) is 5.02 Å². The van der Waals surface area contributed by atoms with Crippen LogP contribution in [-0.4, -0.2) is 34.3 Å². The molecule has 6 nitrogen and oxygen atoms in total. The predicted octanol–water partition coefficient (Wildman–Crippen LogP) is 3.49. The number of fused-ring (bicyclic) bond motifs is 1. The number of carbonyl (C=O) groups is 2. The van der Waals surface area contributed by atoms with Gasteiger partial charge in [0.25, 0.3) is 11.8 Å². The largest absolute Gasteiger partial charge is 0.351 e. The van der Waals surface area contributed by atoms with E-state index in [4.69, 9.17) is 11.6 Å². The maximum atomic E-state index is 12.7. The number of nitrogens with one attached hydrogen (secondary N) is 2. The highest BCUT2D eigenvalue weighted by Gasteiger charge is 2.20. The molecule has 0 aliphatic rings. The molecule has 0 spiro atoms. The predicted molar refractivity (Wildman–Crippen MR) is 110 cm³/mol. The van der Waals surface area contributed by atoms with Crippen molar-refractivity contribution in [2.24, 2.45) is 0 Å². The van der Waals surface area contributed by atoms with Gasteiger partial charge in [-0.2, -0.15) is 0 Å². The third kappa shape index (κ3) is 4.70. The van der Waals surface area contributed by atoms with E-state index >= 15 is 0 Å². The normalized spacial score (nSPS) is 10.8. The molecule has 7 heteroatoms. The first kappa shape index (κ1) is 19.9. The molecule has 0 aliphatic heterocycles. The molecular formula is C21H23ClN4O2. The number of carbonyl (C=O) groups excluding carboxylic acids is 2. The maximum absolute atomic E-state index is 12.7. The second-order valence-electron chi connectivity index (χ2n) is 6.49. The molecular weight excluding hydrogens is 376 g/mol. The van der Waals surface area contributed by atoms with E-state index in [1.165, 1.54) is 0 Å². The SMILES string of the molecule is CCCCNC(=O)c1nc(C(=O)NCCc2cccc(Cl)c2)n2ccccc12. The van der Waals surface area contributed by atoms with Crippen LogP contribution in [0.15, 0.2) is 48.7 Å². The van der Waals surface area contributed by atoms with Gasteiger partial charge in [-0.05, 0) is 42.7 Å². The van der Waals surface area contributed by atoms with Crippen LogP contribution >= 0.6 is 11.6 Å². The van der Waals surface area contributed by atoms with Gasteiger partial charge < -0.3 is 10.6 Å². The molecule has 146 valence electrons. The zero-order valence-corrected chi connectivity index (χ0v) is 16.5. The summed E-state index contributed by atoms with van der Waals surface area (Å²) in [5.41, 5.74) is 1.91. The molecule has 0 bridgehead atoms. The van der Waals surface area contributed by atoms with Crippen molar-refractivity contribution < 1.29 is 9.59 Å². The molecule has 1 aromatic carbocycles. The fraction of sp³-hybridized carbons (Fsp3) is 0.286. The summed E-state index contributed by atoms with van der Waals surface area (Å²) in [6, 6.07) is 12.9. The molecule has 3 aromatic rings. The van der Waals surface area contributed by atoms with Crippen molar-refractivity contribution in [3.05, 3.63) is 70.8 Å². The van der Waals surface area contributed by atoms with Gasteiger partial charge in [-0.25, -0.2) is 4.98 Å². The second-order valence-corrected chi connectivity index (χ2v) is 6.92. The van der Waals surface area contributed by atoms with Gasteiger partial charge in [0.15, 0.2) is 5.69 Å². The fourth-order valence-corrected chi connectivity index (χ4v) is 3.13. The smallest absolute Gasteiger partial charge is 0.287 e. The van der Waals surface area contributed by atoms with Crippen LogP contribution in [0, 0.1) is 0 Å². The van der Waals surface area contributed by atoms with Crippen molar-refractivity contribution in [3.8, 4) is 0 Å². The number of halogens is 1. The number of imidazole rings is 1. The highest BCUT2D eigenvalue weighted by molar-refractivity contribution is 6.30. The number of amides is 2. The van der Waals surface area contributed by atoms with E-state index in [1.54, 1.807) is 22.7 Å². The highest BCUT2D eigenvalue weighted by Crippen LogP contribution is 2.14. The molecule has 2 aromatic heterocycles. The van der Waals surface area contributed by atoms with Crippen molar-refractivity contribution >= 4 is 28.9 Å². The van der Waals surface area contributed by atoms with E-state index in [2.05, 4.69) is 22.5 Å². The van der Waals surface area contributed by atoms with Gasteiger partial charge in [-0.3, -0.25) is 14.0 Å². The van der Waals surface area contributed by atoms with E-state index in [-0.39, 0.29) is 23.3 Å². The summed E-state index contributed by atoms with van der Waals surface area (Å²) in [5, 5.41) is 6.39. The molecule has 28 heavy (non-hydrogen) atoms. The molecule has 2 heterocycles. The maximum Gasteiger partial charge on any atom is 0.287 e. The molecule has 0 saturated carbocycles. The first-order valence-electron chi connectivity index (χ1n) is 9.38. The third-order valence-corrected chi connectivity index (χ3v) is 4.61. The molecule has 0 radical (unpaired) electrons. The van der Waals surface area contributed by atoms with Gasteiger partial charge in [0, 0.05) is 24.3 Å². The van der Waals surface area contributed by atoms with E-state index in [0.29, 0.717) is 30.0 Å². The van der Waals surface area contributed by atoms with Gasteiger partial charge >= 0.3 is 0 Å². The van der Waals surface area contributed by atoms with Gasteiger partial charge in [-0.15, -0.1) is 0 Å². The Morgan fingerprint density at radius 2 is 1.89 bits per heavy atom. The molecule has 0 saturated heterocycles. The number of hydrogen-bond donors (Lipinski definition) is 2. The van der Waals surface area contributed by atoms with Gasteiger partial charge in [-0.1, -0.05) is 43.1 Å². The first-order valence-corrected chi connectivity index (χ1v) is 9.76. The van der Waals surface area contributed by atoms with Crippen molar-refractivity contribution in [1.29, 1.82) is 0 Å². The number of hydrogen-bond acceptors (Lipinski definition) is 3. The molecule has 0 fully saturated rings. The fourth-order valence-electron chi connectivity index (χ4n) is 2.92. The van der Waals surface area contributed by atoms with Crippen LogP contribution in [0.25, 0.3) is 5.52 Å². The van der Waals surface area contributed by atoms with Crippen molar-refractivity contribution in [3.63, 3.8) is 0 Å². The van der Waals surface area contributed by atoms with Crippen LogP contribution in [0.4, 0.5) is 0 Å². The van der Waals surface area contributed by atoms with Gasteiger partial charge in [0.1, 0.15) is 0 Å². The Hall–Kier alpha value is -2.86. The Kier molecular flexibility index (Phi) is 6.66. The first-order chi connectivity index (χ1) is 13.6. The number of aromatic nitrogens is 2. The number of nitrogens with zero attached hydrogens (tertiary/aromatic N) is 2. The van der Waals surface area contributed by atoms with Crippen LogP contribution in [0.1, 0.15) is 46.4 Å². The zero-order chi connectivity index (χ0) is 19.9. The monoisotopic (exact) mass is 398 g/mol. The molecule has 3 rings (SSSR count). The Labute approximate surface area is 168 Å². The minimum atomic E-state index is -0.323. The van der Waals surface area contributed by atoms with E-state index < -0.39 is 0 Å². The van der Waals surface area contributed by atoms with Crippen molar-refractivity contribution in [2.45, 2.75) is 26.2 Å². The lowest BCUT2D eigenvalue weighted by Crippen LogP contribution is -2.28. The number of benzene rings is 1. The molecule has 2 amide bonds. The zero-order valence-electron chi connectivity index (χ0n) is 15.7. The lowest BCUT2D eigenvalue weighted by Gasteiger charge is -2.05. The van der Waals surface area contributed by atoms with Crippen LogP contribution in [0.5, 0.6) is 0 Å². The highest BCUT2D eigenvalue weighted by atomic mass is 35.5. The number of pyridine rings is 1. The molecule has 2 N–H and O–H groups in total. The minimum Gasteiger partial charge on any atom is -0.351 e. The Bertz CT molecular complexity index is 983. The van der Waals surface area contributed by atoms with Crippen LogP contribution in [0.3, 0.4) is 0 Å². The summed E-state index contributed by atoms with van der Waals surface area (Å²) in [5.74, 6) is -0.395. The quantitative estimate of drug-likeness (QED) is 0.570.